The van der Waals surface area contributed by atoms with E-state index in [4.69, 9.17) is 23.6 Å². The molecule has 1 aliphatic rings. The van der Waals surface area contributed by atoms with Crippen LogP contribution in [0.1, 0.15) is 24.3 Å². The molecule has 0 spiro atoms. The Kier molecular flexibility index (Phi) is 5.60. The number of methoxy groups -OCH3 is 3. The second kappa shape index (κ2) is 7.89. The maximum Gasteiger partial charge on any atom is 0.230 e. The van der Waals surface area contributed by atoms with Gasteiger partial charge in [0.15, 0.2) is 0 Å². The van der Waals surface area contributed by atoms with Gasteiger partial charge >= 0.3 is 0 Å². The van der Waals surface area contributed by atoms with Gasteiger partial charge in [-0.05, 0) is 38.0 Å². The molecule has 0 bridgehead atoms. The molecule has 0 amide bonds. The minimum absolute atomic E-state index is 0.381. The molecule has 0 aliphatic carbocycles. The maximum atomic E-state index is 5.93. The molecule has 0 atom stereocenters. The number of nitrogens with zero attached hydrogens (tertiary/aromatic N) is 2. The van der Waals surface area contributed by atoms with Crippen molar-refractivity contribution >= 4 is 0 Å². The van der Waals surface area contributed by atoms with Gasteiger partial charge in [-0.2, -0.15) is 0 Å². The van der Waals surface area contributed by atoms with Crippen LogP contribution in [-0.4, -0.2) is 50.4 Å². The summed E-state index contributed by atoms with van der Waals surface area (Å²) in [6.07, 6.45) is 2.50. The van der Waals surface area contributed by atoms with Crippen LogP contribution in [-0.2, 0) is 11.3 Å². The summed E-state index contributed by atoms with van der Waals surface area (Å²) in [4.78, 5) is 7.12. The first-order valence-electron chi connectivity index (χ1n) is 8.58. The van der Waals surface area contributed by atoms with E-state index >= 15 is 0 Å². The van der Waals surface area contributed by atoms with E-state index < -0.39 is 0 Å². The zero-order valence-corrected chi connectivity index (χ0v) is 15.4. The van der Waals surface area contributed by atoms with E-state index in [0.717, 1.165) is 61.0 Å². The number of benzene rings is 1. The second-order valence-corrected chi connectivity index (χ2v) is 6.30. The average molecular weight is 346 g/mol. The fraction of sp³-hybridized carbons (Fsp3) is 0.526. The lowest BCUT2D eigenvalue weighted by molar-refractivity contribution is 0.0384. The van der Waals surface area contributed by atoms with Gasteiger partial charge in [0.05, 0.1) is 31.6 Å². The highest BCUT2D eigenvalue weighted by Crippen LogP contribution is 2.34. The van der Waals surface area contributed by atoms with Gasteiger partial charge in [0.1, 0.15) is 17.3 Å². The Morgan fingerprint density at radius 2 is 1.92 bits per heavy atom. The lowest BCUT2D eigenvalue weighted by atomic mass is 10.1. The third-order valence-electron chi connectivity index (χ3n) is 4.77. The zero-order valence-electron chi connectivity index (χ0n) is 15.4. The van der Waals surface area contributed by atoms with Crippen molar-refractivity contribution in [3.8, 4) is 23.0 Å². The van der Waals surface area contributed by atoms with Crippen molar-refractivity contribution in [2.24, 2.45) is 0 Å². The Bertz CT molecular complexity index is 705. The van der Waals surface area contributed by atoms with E-state index in [1.54, 1.807) is 21.3 Å². The van der Waals surface area contributed by atoms with Crippen molar-refractivity contribution in [1.29, 1.82) is 0 Å². The molecule has 1 aromatic heterocycles. The van der Waals surface area contributed by atoms with E-state index in [1.807, 2.05) is 25.1 Å². The van der Waals surface area contributed by atoms with Gasteiger partial charge in [0, 0.05) is 26.7 Å². The van der Waals surface area contributed by atoms with Crippen LogP contribution in [0.15, 0.2) is 22.6 Å². The molecule has 0 N–H and O–H groups in total. The molecule has 6 heteroatoms. The van der Waals surface area contributed by atoms with Crippen LogP contribution >= 0.6 is 0 Å². The lowest BCUT2D eigenvalue weighted by Gasteiger charge is -2.30. The highest BCUT2D eigenvalue weighted by molar-refractivity contribution is 5.65. The smallest absolute Gasteiger partial charge is 0.230 e. The molecule has 25 heavy (non-hydrogen) atoms. The number of rotatable bonds is 6. The average Bonchev–Trinajstić information content (AvgIpc) is 3.02. The second-order valence-electron chi connectivity index (χ2n) is 6.30. The number of ether oxygens (including phenoxy) is 3. The molecule has 2 heterocycles. The molecular formula is C19H26N2O4. The third kappa shape index (κ3) is 3.96. The number of hydrogen-bond acceptors (Lipinski definition) is 6. The normalized spacial score (nSPS) is 16.2. The van der Waals surface area contributed by atoms with Gasteiger partial charge in [0.2, 0.25) is 5.89 Å². The fourth-order valence-corrected chi connectivity index (χ4v) is 3.19. The number of oxazole rings is 1. The number of likely N-dealkylation sites (tertiary alicyclic amines) is 1. The van der Waals surface area contributed by atoms with Crippen LogP contribution in [0.25, 0.3) is 11.5 Å². The standard InChI is InChI=1S/C19H26N2O4/c1-13-17(12-21-9-7-14(22-2)8-10-21)20-19(25-13)16-11-15(23-3)5-6-18(16)24-4/h5-6,11,14H,7-10,12H2,1-4H3. The van der Waals surface area contributed by atoms with Crippen molar-refractivity contribution < 1.29 is 18.6 Å². The Hall–Kier alpha value is -2.05. The SMILES string of the molecule is COc1ccc(OC)c(-c2nc(CN3CCC(OC)CC3)c(C)o2)c1. The molecule has 2 aromatic rings. The van der Waals surface area contributed by atoms with Crippen molar-refractivity contribution in [3.05, 3.63) is 29.7 Å². The molecule has 1 fully saturated rings. The lowest BCUT2D eigenvalue weighted by Crippen LogP contribution is -2.36. The zero-order chi connectivity index (χ0) is 17.8. The molecule has 6 nitrogen and oxygen atoms in total. The van der Waals surface area contributed by atoms with Gasteiger partial charge in [-0.3, -0.25) is 4.90 Å². The Balaban J connectivity index is 1.79. The topological polar surface area (TPSA) is 57.0 Å². The molecule has 1 aromatic carbocycles. The molecular weight excluding hydrogens is 320 g/mol. The highest BCUT2D eigenvalue weighted by Gasteiger charge is 2.22. The molecule has 3 rings (SSSR count). The first-order chi connectivity index (χ1) is 12.1. The minimum Gasteiger partial charge on any atom is -0.497 e. The number of aryl methyl sites for hydroxylation is 1. The highest BCUT2D eigenvalue weighted by atomic mass is 16.5. The summed E-state index contributed by atoms with van der Waals surface area (Å²) in [6.45, 7) is 4.78. The summed E-state index contributed by atoms with van der Waals surface area (Å²) >= 11 is 0. The minimum atomic E-state index is 0.381. The molecule has 0 saturated carbocycles. The van der Waals surface area contributed by atoms with Gasteiger partial charge in [0.25, 0.3) is 0 Å². The molecule has 1 aliphatic heterocycles. The molecule has 1 saturated heterocycles. The van der Waals surface area contributed by atoms with Crippen molar-refractivity contribution in [2.45, 2.75) is 32.4 Å². The summed E-state index contributed by atoms with van der Waals surface area (Å²) in [6, 6.07) is 5.61. The van der Waals surface area contributed by atoms with Gasteiger partial charge in [-0.1, -0.05) is 0 Å². The van der Waals surface area contributed by atoms with Crippen LogP contribution in [0, 0.1) is 6.92 Å². The summed E-state index contributed by atoms with van der Waals surface area (Å²) in [5.41, 5.74) is 1.77. The van der Waals surface area contributed by atoms with E-state index in [2.05, 4.69) is 4.90 Å². The van der Waals surface area contributed by atoms with Crippen LogP contribution in [0.2, 0.25) is 0 Å². The predicted molar refractivity (Wildman–Crippen MR) is 95.1 cm³/mol. The fourth-order valence-electron chi connectivity index (χ4n) is 3.19. The van der Waals surface area contributed by atoms with Crippen molar-refractivity contribution in [2.75, 3.05) is 34.4 Å². The van der Waals surface area contributed by atoms with Crippen LogP contribution < -0.4 is 9.47 Å². The summed E-state index contributed by atoms with van der Waals surface area (Å²) in [5.74, 6) is 2.87. The number of piperidine rings is 1. The van der Waals surface area contributed by atoms with Gasteiger partial charge in [-0.25, -0.2) is 4.98 Å². The molecule has 0 radical (unpaired) electrons. The van der Waals surface area contributed by atoms with E-state index in [1.165, 1.54) is 0 Å². The van der Waals surface area contributed by atoms with Crippen molar-refractivity contribution in [1.82, 2.24) is 9.88 Å². The first kappa shape index (κ1) is 17.8. The summed E-state index contributed by atoms with van der Waals surface area (Å²) in [7, 11) is 5.07. The Morgan fingerprint density at radius 1 is 1.16 bits per heavy atom. The van der Waals surface area contributed by atoms with Crippen LogP contribution in [0.5, 0.6) is 11.5 Å². The first-order valence-corrected chi connectivity index (χ1v) is 8.58. The predicted octanol–water partition coefficient (Wildman–Crippen LogP) is 3.28. The molecule has 0 unspecified atom stereocenters. The maximum absolute atomic E-state index is 5.93. The number of hydrogen-bond donors (Lipinski definition) is 0. The van der Waals surface area contributed by atoms with E-state index in [0.29, 0.717) is 12.0 Å². The van der Waals surface area contributed by atoms with E-state index in [9.17, 15) is 0 Å². The van der Waals surface area contributed by atoms with Crippen LogP contribution in [0.3, 0.4) is 0 Å². The third-order valence-corrected chi connectivity index (χ3v) is 4.77. The summed E-state index contributed by atoms with van der Waals surface area (Å²) in [5, 5.41) is 0. The van der Waals surface area contributed by atoms with Gasteiger partial charge in [-0.15, -0.1) is 0 Å². The molecule has 136 valence electrons. The Morgan fingerprint density at radius 3 is 2.56 bits per heavy atom. The van der Waals surface area contributed by atoms with Crippen LogP contribution in [0.4, 0.5) is 0 Å². The monoisotopic (exact) mass is 346 g/mol. The summed E-state index contributed by atoms with van der Waals surface area (Å²) < 4.78 is 22.1. The largest absolute Gasteiger partial charge is 0.497 e. The Labute approximate surface area is 148 Å². The quantitative estimate of drug-likeness (QED) is 0.800. The van der Waals surface area contributed by atoms with Crippen molar-refractivity contribution in [3.63, 3.8) is 0 Å². The van der Waals surface area contributed by atoms with E-state index in [-0.39, 0.29) is 0 Å². The van der Waals surface area contributed by atoms with Gasteiger partial charge < -0.3 is 18.6 Å². The number of aromatic nitrogens is 1.